The van der Waals surface area contributed by atoms with E-state index in [9.17, 15) is 8.42 Å². The normalized spacial score (nSPS) is 11.7. The van der Waals surface area contributed by atoms with Crippen molar-refractivity contribution in [3.05, 3.63) is 54.6 Å². The first-order valence-corrected chi connectivity index (χ1v) is 10.4. The van der Waals surface area contributed by atoms with E-state index in [0.29, 0.717) is 23.7 Å². The van der Waals surface area contributed by atoms with Gasteiger partial charge in [-0.15, -0.1) is 0 Å². The molecule has 0 saturated carbocycles. The number of hydrogen-bond acceptors (Lipinski definition) is 6. The summed E-state index contributed by atoms with van der Waals surface area (Å²) in [7, 11) is -0.524. The van der Waals surface area contributed by atoms with Gasteiger partial charge in [-0.1, -0.05) is 19.1 Å². The molecular formula is C19H20N6O3S. The molecule has 1 N–H and O–H groups in total. The number of aromatic nitrogens is 5. The fraction of sp³-hybridized carbons (Fsp3) is 0.211. The van der Waals surface area contributed by atoms with Crippen LogP contribution in [0.3, 0.4) is 0 Å². The monoisotopic (exact) mass is 412 g/mol. The third kappa shape index (κ3) is 3.42. The van der Waals surface area contributed by atoms with Crippen molar-refractivity contribution in [3.8, 4) is 11.6 Å². The van der Waals surface area contributed by atoms with Gasteiger partial charge in [0.15, 0.2) is 5.82 Å². The lowest BCUT2D eigenvalue weighted by Gasteiger charge is -2.13. The Labute approximate surface area is 168 Å². The van der Waals surface area contributed by atoms with Crippen LogP contribution in [0.15, 0.2) is 53.9 Å². The molecule has 0 aliphatic carbocycles. The minimum Gasteiger partial charge on any atom is -0.495 e. The summed E-state index contributed by atoms with van der Waals surface area (Å²) in [6, 6.07) is 7.27. The number of fused-ring (bicyclic) bond motifs is 1. The number of hydrogen-bond donors (Lipinski definition) is 1. The Morgan fingerprint density at radius 1 is 1.10 bits per heavy atom. The summed E-state index contributed by atoms with van der Waals surface area (Å²) in [4.78, 5) is 4.26. The predicted molar refractivity (Wildman–Crippen MR) is 109 cm³/mol. The quantitative estimate of drug-likeness (QED) is 0.522. The van der Waals surface area contributed by atoms with Crippen LogP contribution in [0.4, 0.5) is 5.69 Å². The molecule has 0 radical (unpaired) electrons. The van der Waals surface area contributed by atoms with Gasteiger partial charge in [0.05, 0.1) is 43.1 Å². The summed E-state index contributed by atoms with van der Waals surface area (Å²) in [5.74, 6) is 1.09. The zero-order valence-electron chi connectivity index (χ0n) is 16.2. The fourth-order valence-electron chi connectivity index (χ4n) is 3.11. The number of pyridine rings is 1. The second kappa shape index (κ2) is 7.21. The minimum atomic E-state index is -3.86. The van der Waals surface area contributed by atoms with Crippen molar-refractivity contribution in [1.82, 2.24) is 24.5 Å². The SMILES string of the molecule is CCc1ccc2cnn(C)c2c1NS(=O)(=O)c1cnn(-c2ccc(OC)cn2)c1. The Hall–Kier alpha value is -3.40. The molecule has 3 aromatic heterocycles. The topological polar surface area (TPSA) is 104 Å². The molecule has 0 bridgehead atoms. The highest BCUT2D eigenvalue weighted by Gasteiger charge is 2.21. The molecule has 10 heteroatoms. The molecule has 150 valence electrons. The molecule has 9 nitrogen and oxygen atoms in total. The summed E-state index contributed by atoms with van der Waals surface area (Å²) in [6.45, 7) is 1.97. The molecule has 0 atom stereocenters. The van der Waals surface area contributed by atoms with Gasteiger partial charge < -0.3 is 4.74 Å². The Bertz CT molecular complexity index is 1280. The Kier molecular flexibility index (Phi) is 4.71. The van der Waals surface area contributed by atoms with Crippen LogP contribution < -0.4 is 9.46 Å². The maximum atomic E-state index is 13.1. The van der Waals surface area contributed by atoms with E-state index in [4.69, 9.17) is 4.74 Å². The van der Waals surface area contributed by atoms with E-state index >= 15 is 0 Å². The van der Waals surface area contributed by atoms with Gasteiger partial charge in [0.1, 0.15) is 10.6 Å². The average molecular weight is 412 g/mol. The van der Waals surface area contributed by atoms with Crippen molar-refractivity contribution in [2.75, 3.05) is 11.8 Å². The Balaban J connectivity index is 1.71. The molecule has 0 unspecified atom stereocenters. The van der Waals surface area contributed by atoms with Gasteiger partial charge in [0, 0.05) is 12.4 Å². The maximum Gasteiger partial charge on any atom is 0.265 e. The maximum absolute atomic E-state index is 13.1. The minimum absolute atomic E-state index is 0.0383. The van der Waals surface area contributed by atoms with Gasteiger partial charge in [0.25, 0.3) is 10.0 Å². The summed E-state index contributed by atoms with van der Waals surface area (Å²) >= 11 is 0. The van der Waals surface area contributed by atoms with Crippen LogP contribution in [0.25, 0.3) is 16.7 Å². The first kappa shape index (κ1) is 18.9. The number of benzene rings is 1. The van der Waals surface area contributed by atoms with Crippen LogP contribution in [-0.2, 0) is 23.5 Å². The number of nitrogens with one attached hydrogen (secondary N) is 1. The Morgan fingerprint density at radius 2 is 1.93 bits per heavy atom. The number of anilines is 1. The molecule has 0 fully saturated rings. The van der Waals surface area contributed by atoms with E-state index in [1.165, 1.54) is 17.1 Å². The van der Waals surface area contributed by atoms with Gasteiger partial charge in [-0.2, -0.15) is 10.2 Å². The van der Waals surface area contributed by atoms with Gasteiger partial charge in [-0.25, -0.2) is 18.1 Å². The summed E-state index contributed by atoms with van der Waals surface area (Å²) < 4.78 is 37.0. The second-order valence-corrected chi connectivity index (χ2v) is 8.12. The third-order valence-corrected chi connectivity index (χ3v) is 5.97. The largest absolute Gasteiger partial charge is 0.495 e. The smallest absolute Gasteiger partial charge is 0.265 e. The molecule has 29 heavy (non-hydrogen) atoms. The van der Waals surface area contributed by atoms with Gasteiger partial charge >= 0.3 is 0 Å². The highest BCUT2D eigenvalue weighted by molar-refractivity contribution is 7.92. The third-order valence-electron chi connectivity index (χ3n) is 4.67. The number of nitrogens with zero attached hydrogens (tertiary/aromatic N) is 5. The van der Waals surface area contributed by atoms with Crippen molar-refractivity contribution < 1.29 is 13.2 Å². The highest BCUT2D eigenvalue weighted by atomic mass is 32.2. The zero-order valence-corrected chi connectivity index (χ0v) is 17.0. The first-order valence-electron chi connectivity index (χ1n) is 8.94. The number of aryl methyl sites for hydroxylation is 2. The molecule has 0 saturated heterocycles. The molecule has 0 aliphatic rings. The molecule has 3 heterocycles. The van der Waals surface area contributed by atoms with Crippen LogP contribution in [-0.4, -0.2) is 40.1 Å². The summed E-state index contributed by atoms with van der Waals surface area (Å²) in [6.07, 6.45) is 6.64. The lowest BCUT2D eigenvalue weighted by atomic mass is 10.1. The van der Waals surface area contributed by atoms with E-state index in [1.54, 1.807) is 43.4 Å². The van der Waals surface area contributed by atoms with Crippen molar-refractivity contribution in [1.29, 1.82) is 0 Å². The zero-order chi connectivity index (χ0) is 20.6. The highest BCUT2D eigenvalue weighted by Crippen LogP contribution is 2.30. The summed E-state index contributed by atoms with van der Waals surface area (Å²) in [5.41, 5.74) is 2.14. The lowest BCUT2D eigenvalue weighted by molar-refractivity contribution is 0.412. The van der Waals surface area contributed by atoms with Crippen LogP contribution in [0, 0.1) is 0 Å². The molecule has 4 aromatic rings. The molecular weight excluding hydrogens is 392 g/mol. The van der Waals surface area contributed by atoms with Gasteiger partial charge in [-0.05, 0) is 24.1 Å². The molecule has 1 aromatic carbocycles. The number of sulfonamides is 1. The van der Waals surface area contributed by atoms with Gasteiger partial charge in [-0.3, -0.25) is 9.40 Å². The average Bonchev–Trinajstić information content (AvgIpc) is 3.36. The molecule has 4 rings (SSSR count). The van der Waals surface area contributed by atoms with E-state index in [0.717, 1.165) is 16.5 Å². The molecule has 0 spiro atoms. The van der Waals surface area contributed by atoms with E-state index in [2.05, 4.69) is 19.9 Å². The first-order chi connectivity index (χ1) is 13.9. The van der Waals surface area contributed by atoms with Crippen LogP contribution >= 0.6 is 0 Å². The van der Waals surface area contributed by atoms with E-state index in [-0.39, 0.29) is 4.90 Å². The number of ether oxygens (including phenoxy) is 1. The van der Waals surface area contributed by atoms with Crippen molar-refractivity contribution in [2.24, 2.45) is 7.05 Å². The fourth-order valence-corrected chi connectivity index (χ4v) is 4.15. The van der Waals surface area contributed by atoms with Crippen molar-refractivity contribution >= 4 is 26.6 Å². The molecule has 0 aliphatic heterocycles. The van der Waals surface area contributed by atoms with Crippen LogP contribution in [0.2, 0.25) is 0 Å². The summed E-state index contributed by atoms with van der Waals surface area (Å²) in [5, 5.41) is 9.24. The standard InChI is InChI=1S/C19H20N6O3S/c1-4-13-5-6-14-9-21-24(2)19(14)18(13)23-29(26,27)16-11-22-25(12-16)17-8-7-15(28-3)10-20-17/h5-12,23H,4H2,1-3H3. The van der Waals surface area contributed by atoms with Crippen LogP contribution in [0.5, 0.6) is 5.75 Å². The lowest BCUT2D eigenvalue weighted by Crippen LogP contribution is -2.15. The van der Waals surface area contributed by atoms with Crippen molar-refractivity contribution in [3.63, 3.8) is 0 Å². The van der Waals surface area contributed by atoms with Crippen LogP contribution in [0.1, 0.15) is 12.5 Å². The molecule has 0 amide bonds. The number of methoxy groups -OCH3 is 1. The Morgan fingerprint density at radius 3 is 2.62 bits per heavy atom. The second-order valence-electron chi connectivity index (χ2n) is 6.44. The van der Waals surface area contributed by atoms with Gasteiger partial charge in [0.2, 0.25) is 0 Å². The number of rotatable bonds is 6. The van der Waals surface area contributed by atoms with E-state index < -0.39 is 10.0 Å². The van der Waals surface area contributed by atoms with E-state index in [1.807, 2.05) is 19.1 Å². The predicted octanol–water partition coefficient (Wildman–Crippen LogP) is 2.53. The van der Waals surface area contributed by atoms with Crippen molar-refractivity contribution in [2.45, 2.75) is 18.2 Å².